The van der Waals surface area contributed by atoms with E-state index >= 15 is 0 Å². The van der Waals surface area contributed by atoms with Gasteiger partial charge in [-0.3, -0.25) is 0 Å². The molecule has 0 radical (unpaired) electrons. The van der Waals surface area contributed by atoms with Crippen LogP contribution in [0.5, 0.6) is 0 Å². The van der Waals surface area contributed by atoms with Gasteiger partial charge in [-0.05, 0) is 6.29 Å². The van der Waals surface area contributed by atoms with Gasteiger partial charge in [0, 0.05) is 21.1 Å². The molecule has 0 aromatic carbocycles. The molecule has 0 rings (SSSR count). The number of carbonyl (C=O) groups excluding carboxylic acids is 1. The summed E-state index contributed by atoms with van der Waals surface area (Å²) in [5, 5.41) is 0. The Morgan fingerprint density at radius 3 is 1.83 bits per heavy atom. The van der Waals surface area contributed by atoms with Gasteiger partial charge in [-0.2, -0.15) is 0 Å². The van der Waals surface area contributed by atoms with Crippen molar-refractivity contribution in [1.82, 2.24) is 0 Å². The van der Waals surface area contributed by atoms with Gasteiger partial charge in [-0.25, -0.2) is 12.7 Å². The molecule has 0 N–H and O–H groups in total. The maximum absolute atomic E-state index is 8.93. The first-order valence-corrected chi connectivity index (χ1v) is 0.901. The Hall–Kier alpha value is 0.618. The molecule has 0 atom stereocenters. The first kappa shape index (κ1) is 16.0. The van der Waals surface area contributed by atoms with E-state index in [9.17, 15) is 0 Å². The van der Waals surface area contributed by atoms with Gasteiger partial charge in [0.25, 0.3) is 0 Å². The third-order valence-corrected chi connectivity index (χ3v) is 0.0833. The first-order valence-electron chi connectivity index (χ1n) is 0.901. The van der Waals surface area contributed by atoms with Gasteiger partial charge in [0.2, 0.25) is 0 Å². The second kappa shape index (κ2) is 17.5. The summed E-state index contributed by atoms with van der Waals surface area (Å²) in [4.78, 5) is 8.93. The van der Waals surface area contributed by atoms with Crippen molar-refractivity contribution in [2.75, 3.05) is 0 Å². The van der Waals surface area contributed by atoms with Crippen LogP contribution in [0.2, 0.25) is 0 Å². The monoisotopic (exact) mass is 216 g/mol. The molecule has 0 saturated heterocycles. The Kier molecular flexibility index (Phi) is 46.5. The Balaban J connectivity index is -0.0000000450. The summed E-state index contributed by atoms with van der Waals surface area (Å²) in [7, 11) is 0. The fourth-order valence-corrected chi connectivity index (χ4v) is 0. The standard InChI is InChI=1S/C3H3O.Cu.Mo/c1-2-3-4;;/h2H,1H2;;/q-1;+1;. The van der Waals surface area contributed by atoms with Gasteiger partial charge in [-0.15, -0.1) is 0 Å². The van der Waals surface area contributed by atoms with Gasteiger partial charge >= 0.3 is 17.1 Å². The molecule has 0 aromatic rings. The Labute approximate surface area is 61.9 Å². The van der Waals surface area contributed by atoms with Crippen LogP contribution in [0.1, 0.15) is 0 Å². The molecule has 0 spiro atoms. The first-order chi connectivity index (χ1) is 1.91. The van der Waals surface area contributed by atoms with Gasteiger partial charge in [-0.1, -0.05) is 0 Å². The van der Waals surface area contributed by atoms with E-state index in [1.807, 2.05) is 0 Å². The molecular formula is C3H3CuMoO. The van der Waals surface area contributed by atoms with Crippen molar-refractivity contribution in [3.8, 4) is 0 Å². The van der Waals surface area contributed by atoms with E-state index in [-0.39, 0.29) is 38.1 Å². The van der Waals surface area contributed by atoms with Crippen LogP contribution in [0.3, 0.4) is 0 Å². The zero-order valence-corrected chi connectivity index (χ0v) is 5.85. The third kappa shape index (κ3) is 23.1. The van der Waals surface area contributed by atoms with Gasteiger partial charge in [0.15, 0.2) is 0 Å². The molecule has 0 saturated carbocycles. The summed E-state index contributed by atoms with van der Waals surface area (Å²) in [5.74, 6) is 0. The quantitative estimate of drug-likeness (QED) is 0.348. The summed E-state index contributed by atoms with van der Waals surface area (Å²) in [6.07, 6.45) is 2.51. The molecule has 0 aliphatic carbocycles. The molecule has 3 heteroatoms. The Morgan fingerprint density at radius 2 is 1.83 bits per heavy atom. The van der Waals surface area contributed by atoms with Crippen molar-refractivity contribution in [3.63, 3.8) is 0 Å². The third-order valence-electron chi connectivity index (χ3n) is 0.0833. The Bertz CT molecular complexity index is 31.8. The molecular weight excluding hydrogens is 212 g/mol. The van der Waals surface area contributed by atoms with Crippen molar-refractivity contribution in [3.05, 3.63) is 12.7 Å². The summed E-state index contributed by atoms with van der Waals surface area (Å²) in [6.45, 7) is 3.06. The molecule has 0 unspecified atom stereocenters. The molecule has 1 nitrogen and oxygen atoms in total. The summed E-state index contributed by atoms with van der Waals surface area (Å²) < 4.78 is 0. The molecule has 0 aliphatic heterocycles. The molecule has 0 aliphatic rings. The zero-order chi connectivity index (χ0) is 3.41. The van der Waals surface area contributed by atoms with Gasteiger partial charge < -0.3 is 4.79 Å². The predicted octanol–water partition coefficient (Wildman–Crippen LogP) is 0.277. The second-order valence-corrected chi connectivity index (χ2v) is 0.322. The minimum Gasteiger partial charge on any atom is -0.419 e. The fourth-order valence-electron chi connectivity index (χ4n) is 0. The number of allylic oxidation sites excluding steroid dienone is 1. The number of hydrogen-bond acceptors (Lipinski definition) is 1. The van der Waals surface area contributed by atoms with Crippen molar-refractivity contribution >= 4 is 6.29 Å². The normalized spacial score (nSPS) is 3.33. The predicted molar refractivity (Wildman–Crippen MR) is 15.9 cm³/mol. The molecule has 0 amide bonds. The summed E-state index contributed by atoms with van der Waals surface area (Å²) in [6, 6.07) is 0. The summed E-state index contributed by atoms with van der Waals surface area (Å²) >= 11 is 0. The minimum atomic E-state index is 0. The smallest absolute Gasteiger partial charge is 0.419 e. The van der Waals surface area contributed by atoms with Crippen LogP contribution in [-0.4, -0.2) is 6.29 Å². The molecule has 38 valence electrons. The molecule has 0 aromatic heterocycles. The van der Waals surface area contributed by atoms with Crippen LogP contribution < -0.4 is 0 Å². The molecule has 0 fully saturated rings. The van der Waals surface area contributed by atoms with E-state index in [0.717, 1.165) is 6.08 Å². The number of rotatable bonds is 1. The van der Waals surface area contributed by atoms with Crippen molar-refractivity contribution < 1.29 is 42.9 Å². The van der Waals surface area contributed by atoms with Crippen LogP contribution in [0, 0.1) is 0 Å². The van der Waals surface area contributed by atoms with Crippen LogP contribution in [-0.2, 0) is 42.9 Å². The van der Waals surface area contributed by atoms with E-state index in [1.54, 1.807) is 0 Å². The maximum Gasteiger partial charge on any atom is 1.00 e. The van der Waals surface area contributed by atoms with E-state index in [2.05, 4.69) is 6.58 Å². The summed E-state index contributed by atoms with van der Waals surface area (Å²) in [5.41, 5.74) is 0. The van der Waals surface area contributed by atoms with Crippen LogP contribution in [0.15, 0.2) is 12.7 Å². The molecule has 0 heterocycles. The molecule has 6 heavy (non-hydrogen) atoms. The average molecular weight is 215 g/mol. The Morgan fingerprint density at radius 1 is 1.67 bits per heavy atom. The van der Waals surface area contributed by atoms with E-state index < -0.39 is 0 Å². The topological polar surface area (TPSA) is 17.1 Å². The average Bonchev–Trinajstić information content (AvgIpc) is 1.37. The van der Waals surface area contributed by atoms with Crippen LogP contribution >= 0.6 is 0 Å². The largest absolute Gasteiger partial charge is 1.00 e. The zero-order valence-electron chi connectivity index (χ0n) is 2.90. The van der Waals surface area contributed by atoms with Gasteiger partial charge in [0.1, 0.15) is 0 Å². The minimum absolute atomic E-state index is 0. The van der Waals surface area contributed by atoms with E-state index in [0.29, 0.717) is 0 Å². The van der Waals surface area contributed by atoms with Crippen LogP contribution in [0.4, 0.5) is 0 Å². The SMILES string of the molecule is C=C[C-]=O.[Cu+].[Mo]. The van der Waals surface area contributed by atoms with Crippen LogP contribution in [0.25, 0.3) is 0 Å². The maximum atomic E-state index is 8.93. The fraction of sp³-hybridized carbons (Fsp3) is 0. The van der Waals surface area contributed by atoms with Crippen molar-refractivity contribution in [2.24, 2.45) is 0 Å². The van der Waals surface area contributed by atoms with Crippen molar-refractivity contribution in [1.29, 1.82) is 0 Å². The second-order valence-electron chi connectivity index (χ2n) is 0.322. The van der Waals surface area contributed by atoms with E-state index in [4.69, 9.17) is 4.79 Å². The van der Waals surface area contributed by atoms with Crippen molar-refractivity contribution in [2.45, 2.75) is 0 Å². The van der Waals surface area contributed by atoms with Gasteiger partial charge in [0.05, 0.1) is 0 Å². The number of hydrogen-bond donors (Lipinski definition) is 0. The van der Waals surface area contributed by atoms with E-state index in [1.165, 1.54) is 6.29 Å². The molecule has 0 bridgehead atoms.